The standard InChI is InChI=1S/C20H22F3NO2S/c1-19(2,24-13-11-15-5-3-4-6-18(15)24)12-14-27(25,26)17-9-7-16(8-10-17)20(21,22)23/h3-10H,11-14H2,1-2H3. The predicted molar refractivity (Wildman–Crippen MR) is 99.7 cm³/mol. The van der Waals surface area contributed by atoms with Crippen LogP contribution in [0.15, 0.2) is 53.4 Å². The smallest absolute Gasteiger partial charge is 0.366 e. The Bertz CT molecular complexity index is 919. The van der Waals surface area contributed by atoms with E-state index >= 15 is 0 Å². The second-order valence-electron chi connectivity index (χ2n) is 7.43. The SMILES string of the molecule is CC(C)(CCS(=O)(=O)c1ccc(C(F)(F)F)cc1)N1CCc2ccccc21. The third-order valence-corrected chi connectivity index (χ3v) is 6.87. The van der Waals surface area contributed by atoms with Gasteiger partial charge in [0.05, 0.1) is 16.2 Å². The minimum absolute atomic E-state index is 0.0758. The van der Waals surface area contributed by atoms with E-state index in [0.29, 0.717) is 6.42 Å². The van der Waals surface area contributed by atoms with E-state index in [0.717, 1.165) is 42.9 Å². The highest BCUT2D eigenvalue weighted by atomic mass is 32.2. The molecule has 0 N–H and O–H groups in total. The molecule has 7 heteroatoms. The van der Waals surface area contributed by atoms with Gasteiger partial charge in [0, 0.05) is 17.8 Å². The molecule has 3 rings (SSSR count). The van der Waals surface area contributed by atoms with Gasteiger partial charge in [-0.1, -0.05) is 18.2 Å². The third-order valence-electron chi connectivity index (χ3n) is 5.14. The van der Waals surface area contributed by atoms with E-state index in [-0.39, 0.29) is 16.2 Å². The molecule has 0 atom stereocenters. The highest BCUT2D eigenvalue weighted by molar-refractivity contribution is 7.91. The van der Waals surface area contributed by atoms with Crippen molar-refractivity contribution >= 4 is 15.5 Å². The number of alkyl halides is 3. The Labute approximate surface area is 157 Å². The van der Waals surface area contributed by atoms with Crippen molar-refractivity contribution < 1.29 is 21.6 Å². The molecule has 0 saturated carbocycles. The van der Waals surface area contributed by atoms with Gasteiger partial charge < -0.3 is 4.90 Å². The summed E-state index contributed by atoms with van der Waals surface area (Å²) in [6, 6.07) is 11.8. The second kappa shape index (κ2) is 6.86. The van der Waals surface area contributed by atoms with Crippen LogP contribution in [0.2, 0.25) is 0 Å². The molecule has 3 nitrogen and oxygen atoms in total. The van der Waals surface area contributed by atoms with Gasteiger partial charge in [-0.2, -0.15) is 13.2 Å². The van der Waals surface area contributed by atoms with Gasteiger partial charge in [-0.15, -0.1) is 0 Å². The molecular weight excluding hydrogens is 375 g/mol. The number of anilines is 1. The lowest BCUT2D eigenvalue weighted by Gasteiger charge is -2.38. The number of benzene rings is 2. The van der Waals surface area contributed by atoms with Gasteiger partial charge in [-0.25, -0.2) is 8.42 Å². The van der Waals surface area contributed by atoms with Gasteiger partial charge >= 0.3 is 6.18 Å². The van der Waals surface area contributed by atoms with E-state index in [1.807, 2.05) is 32.0 Å². The molecule has 2 aromatic carbocycles. The van der Waals surface area contributed by atoms with Crippen LogP contribution < -0.4 is 4.90 Å². The largest absolute Gasteiger partial charge is 0.416 e. The Hall–Kier alpha value is -2.02. The summed E-state index contributed by atoms with van der Waals surface area (Å²) in [6.07, 6.45) is -3.18. The lowest BCUT2D eigenvalue weighted by Crippen LogP contribution is -2.44. The van der Waals surface area contributed by atoms with Gasteiger partial charge in [0.2, 0.25) is 0 Å². The summed E-state index contributed by atoms with van der Waals surface area (Å²) in [5.41, 5.74) is 1.13. The normalized spacial score (nSPS) is 15.1. The number of fused-ring (bicyclic) bond motifs is 1. The van der Waals surface area contributed by atoms with Crippen molar-refractivity contribution in [1.82, 2.24) is 0 Å². The van der Waals surface area contributed by atoms with Crippen molar-refractivity contribution in [3.05, 3.63) is 59.7 Å². The topological polar surface area (TPSA) is 37.4 Å². The summed E-state index contributed by atoms with van der Waals surface area (Å²) in [5, 5.41) is 0. The average molecular weight is 397 g/mol. The van der Waals surface area contributed by atoms with Crippen LogP contribution in [0.4, 0.5) is 18.9 Å². The van der Waals surface area contributed by atoms with Gasteiger partial charge in [-0.3, -0.25) is 0 Å². The summed E-state index contributed by atoms with van der Waals surface area (Å²) >= 11 is 0. The molecule has 0 fully saturated rings. The first-order chi connectivity index (χ1) is 12.5. The van der Waals surface area contributed by atoms with Crippen molar-refractivity contribution in [2.45, 2.75) is 43.3 Å². The molecule has 0 unspecified atom stereocenters. The number of rotatable bonds is 5. The fraction of sp³-hybridized carbons (Fsp3) is 0.400. The van der Waals surface area contributed by atoms with Crippen LogP contribution in [0.5, 0.6) is 0 Å². The molecule has 2 aromatic rings. The van der Waals surface area contributed by atoms with E-state index in [1.165, 1.54) is 5.56 Å². The summed E-state index contributed by atoms with van der Waals surface area (Å²) < 4.78 is 63.2. The zero-order valence-electron chi connectivity index (χ0n) is 15.3. The molecule has 0 spiro atoms. The van der Waals surface area contributed by atoms with Gasteiger partial charge in [-0.05, 0) is 62.6 Å². The monoisotopic (exact) mass is 397 g/mol. The number of sulfone groups is 1. The first-order valence-corrected chi connectivity index (χ1v) is 10.4. The molecule has 0 amide bonds. The lowest BCUT2D eigenvalue weighted by molar-refractivity contribution is -0.137. The quantitative estimate of drug-likeness (QED) is 0.733. The minimum atomic E-state index is -4.48. The average Bonchev–Trinajstić information content (AvgIpc) is 3.05. The highest BCUT2D eigenvalue weighted by Gasteiger charge is 2.34. The molecule has 1 aliphatic heterocycles. The molecule has 0 radical (unpaired) electrons. The van der Waals surface area contributed by atoms with Crippen LogP contribution in [-0.2, 0) is 22.4 Å². The Balaban J connectivity index is 1.73. The maximum atomic E-state index is 12.7. The Morgan fingerprint density at radius 2 is 1.63 bits per heavy atom. The van der Waals surface area contributed by atoms with Crippen LogP contribution in [-0.4, -0.2) is 26.3 Å². The molecule has 0 saturated heterocycles. The molecule has 0 aliphatic carbocycles. The molecule has 0 aromatic heterocycles. The molecule has 1 heterocycles. The zero-order valence-corrected chi connectivity index (χ0v) is 16.1. The first kappa shape index (κ1) is 19.7. The fourth-order valence-electron chi connectivity index (χ4n) is 3.46. The van der Waals surface area contributed by atoms with Crippen LogP contribution in [0, 0.1) is 0 Å². The Morgan fingerprint density at radius 3 is 2.26 bits per heavy atom. The number of hydrogen-bond donors (Lipinski definition) is 0. The second-order valence-corrected chi connectivity index (χ2v) is 9.54. The Morgan fingerprint density at radius 1 is 1.00 bits per heavy atom. The predicted octanol–water partition coefficient (Wildman–Crippen LogP) is 4.71. The van der Waals surface area contributed by atoms with Gasteiger partial charge in [0.15, 0.2) is 9.84 Å². The minimum Gasteiger partial charge on any atom is -0.366 e. The number of para-hydroxylation sites is 1. The summed E-state index contributed by atoms with van der Waals surface area (Å²) in [7, 11) is -3.66. The third kappa shape index (κ3) is 4.13. The maximum Gasteiger partial charge on any atom is 0.416 e. The van der Waals surface area contributed by atoms with E-state index < -0.39 is 21.6 Å². The van der Waals surface area contributed by atoms with Crippen molar-refractivity contribution in [2.75, 3.05) is 17.2 Å². The Kier molecular flexibility index (Phi) is 5.01. The van der Waals surface area contributed by atoms with E-state index in [2.05, 4.69) is 11.0 Å². The number of hydrogen-bond acceptors (Lipinski definition) is 3. The van der Waals surface area contributed by atoms with Crippen molar-refractivity contribution in [3.8, 4) is 0 Å². The van der Waals surface area contributed by atoms with Gasteiger partial charge in [0.25, 0.3) is 0 Å². The van der Waals surface area contributed by atoms with E-state index in [1.54, 1.807) is 0 Å². The van der Waals surface area contributed by atoms with E-state index in [4.69, 9.17) is 0 Å². The van der Waals surface area contributed by atoms with Crippen molar-refractivity contribution in [3.63, 3.8) is 0 Å². The number of halogens is 3. The van der Waals surface area contributed by atoms with Crippen molar-refractivity contribution in [1.29, 1.82) is 0 Å². The zero-order chi connectivity index (χ0) is 19.9. The number of nitrogens with zero attached hydrogens (tertiary/aromatic N) is 1. The van der Waals surface area contributed by atoms with Crippen molar-refractivity contribution in [2.24, 2.45) is 0 Å². The van der Waals surface area contributed by atoms with Gasteiger partial charge in [0.1, 0.15) is 0 Å². The lowest BCUT2D eigenvalue weighted by atomic mass is 9.99. The van der Waals surface area contributed by atoms with Crippen LogP contribution >= 0.6 is 0 Å². The highest BCUT2D eigenvalue weighted by Crippen LogP contribution is 2.35. The molecule has 0 bridgehead atoms. The maximum absolute atomic E-state index is 12.7. The van der Waals surface area contributed by atoms with Crippen LogP contribution in [0.25, 0.3) is 0 Å². The first-order valence-electron chi connectivity index (χ1n) is 8.76. The molecular formula is C20H22F3NO2S. The molecule has 146 valence electrons. The van der Waals surface area contributed by atoms with Crippen LogP contribution in [0.3, 0.4) is 0 Å². The molecule has 1 aliphatic rings. The summed E-state index contributed by atoms with van der Waals surface area (Å²) in [5.74, 6) is -0.121. The molecule has 27 heavy (non-hydrogen) atoms. The summed E-state index contributed by atoms with van der Waals surface area (Å²) in [6.45, 7) is 4.82. The van der Waals surface area contributed by atoms with Crippen LogP contribution in [0.1, 0.15) is 31.4 Å². The summed E-state index contributed by atoms with van der Waals surface area (Å²) in [4.78, 5) is 2.14. The van der Waals surface area contributed by atoms with E-state index in [9.17, 15) is 21.6 Å². The fourth-order valence-corrected chi connectivity index (χ4v) is 5.01.